The Hall–Kier alpha value is -3.28. The van der Waals surface area contributed by atoms with Crippen LogP contribution in [0.25, 0.3) is 10.9 Å². The Balaban J connectivity index is 1.91. The van der Waals surface area contributed by atoms with Gasteiger partial charge in [-0.1, -0.05) is 18.2 Å². The number of methoxy groups -OCH3 is 1. The molecule has 0 aliphatic carbocycles. The molecule has 3 aromatic rings. The maximum Gasteiger partial charge on any atom is 0.337 e. The minimum atomic E-state index is -0.586. The van der Waals surface area contributed by atoms with E-state index in [0.717, 1.165) is 10.9 Å². The molecule has 0 saturated carbocycles. The van der Waals surface area contributed by atoms with E-state index in [1.165, 1.54) is 13.4 Å². The maximum absolute atomic E-state index is 12.5. The fourth-order valence-electron chi connectivity index (χ4n) is 3.03. The summed E-state index contributed by atoms with van der Waals surface area (Å²) in [7, 11) is 1.33. The van der Waals surface area contributed by atoms with Gasteiger partial charge in [0.25, 0.3) is 0 Å². The van der Waals surface area contributed by atoms with Crippen molar-refractivity contribution < 1.29 is 14.3 Å². The molecule has 1 aliphatic rings. The molecule has 1 N–H and O–H groups in total. The average molecular weight is 319 g/mol. The number of carbonyl (C=O) groups excluding carboxylic acids is 2. The van der Waals surface area contributed by atoms with E-state index in [4.69, 9.17) is 4.74 Å². The summed E-state index contributed by atoms with van der Waals surface area (Å²) in [6.07, 6.45) is 1.45. The zero-order valence-corrected chi connectivity index (χ0v) is 12.8. The van der Waals surface area contributed by atoms with Gasteiger partial charge in [-0.2, -0.15) is 0 Å². The lowest BCUT2D eigenvalue weighted by molar-refractivity contribution is -0.116. The molecule has 1 aromatic heterocycles. The maximum atomic E-state index is 12.5. The predicted molar refractivity (Wildman–Crippen MR) is 87.8 cm³/mol. The Bertz CT molecular complexity index is 979. The highest BCUT2D eigenvalue weighted by atomic mass is 16.5. The molecule has 4 rings (SSSR count). The summed E-state index contributed by atoms with van der Waals surface area (Å²) in [5, 5.41) is 3.66. The van der Waals surface area contributed by atoms with E-state index in [1.54, 1.807) is 18.2 Å². The van der Waals surface area contributed by atoms with Crippen molar-refractivity contribution in [1.29, 1.82) is 0 Å². The van der Waals surface area contributed by atoms with Gasteiger partial charge in [-0.3, -0.25) is 4.79 Å². The number of hydrogen-bond acceptors (Lipinski definition) is 5. The Kier molecular flexibility index (Phi) is 3.23. The Morgan fingerprint density at radius 3 is 2.83 bits per heavy atom. The van der Waals surface area contributed by atoms with Crippen molar-refractivity contribution in [2.24, 2.45) is 0 Å². The van der Waals surface area contributed by atoms with Crippen molar-refractivity contribution in [3.63, 3.8) is 0 Å². The lowest BCUT2D eigenvalue weighted by Crippen LogP contribution is -2.15. The number of carbonyl (C=O) groups is 2. The van der Waals surface area contributed by atoms with Gasteiger partial charge in [-0.25, -0.2) is 14.8 Å². The first-order valence-corrected chi connectivity index (χ1v) is 7.42. The van der Waals surface area contributed by atoms with Crippen LogP contribution < -0.4 is 5.32 Å². The molecule has 0 saturated heterocycles. The normalized spacial score (nSPS) is 15.9. The van der Waals surface area contributed by atoms with Gasteiger partial charge in [0.1, 0.15) is 12.2 Å². The number of fused-ring (bicyclic) bond motifs is 2. The fraction of sp³-hybridized carbons (Fsp3) is 0.111. The first-order chi connectivity index (χ1) is 11.7. The number of nitrogens with zero attached hydrogens (tertiary/aromatic N) is 2. The molecule has 1 amide bonds. The molecular weight excluding hydrogens is 306 g/mol. The number of amides is 1. The third-order valence-corrected chi connectivity index (χ3v) is 4.15. The molecule has 1 atom stereocenters. The lowest BCUT2D eigenvalue weighted by Gasteiger charge is -2.11. The number of nitrogens with one attached hydrogen (secondary N) is 1. The van der Waals surface area contributed by atoms with Gasteiger partial charge in [0.15, 0.2) is 0 Å². The van der Waals surface area contributed by atoms with Crippen LogP contribution in [-0.4, -0.2) is 29.0 Å². The number of aromatic nitrogens is 2. The van der Waals surface area contributed by atoms with Crippen molar-refractivity contribution in [1.82, 2.24) is 9.97 Å². The van der Waals surface area contributed by atoms with E-state index < -0.39 is 11.9 Å². The summed E-state index contributed by atoms with van der Waals surface area (Å²) >= 11 is 0. The molecule has 6 nitrogen and oxygen atoms in total. The van der Waals surface area contributed by atoms with Crippen LogP contribution in [0.2, 0.25) is 0 Å². The van der Waals surface area contributed by atoms with Gasteiger partial charge in [0, 0.05) is 11.1 Å². The highest BCUT2D eigenvalue weighted by Gasteiger charge is 2.34. The second-order valence-electron chi connectivity index (χ2n) is 5.49. The van der Waals surface area contributed by atoms with Gasteiger partial charge < -0.3 is 10.1 Å². The SMILES string of the molecule is COC(=O)c1ccc2c(c1)C(c1ncnc3ccccc13)C(=O)N2. The standard InChI is InChI=1S/C18H13N3O3/c1-24-18(23)10-6-7-14-12(8-10)15(17(22)21-14)16-11-4-2-3-5-13(11)19-9-20-16/h2-9,15H,1H3,(H,21,22). The van der Waals surface area contributed by atoms with Crippen LogP contribution in [0.15, 0.2) is 48.8 Å². The number of ether oxygens (including phenoxy) is 1. The minimum absolute atomic E-state index is 0.170. The number of esters is 1. The number of para-hydroxylation sites is 1. The number of rotatable bonds is 2. The fourth-order valence-corrected chi connectivity index (χ4v) is 3.03. The molecular formula is C18H13N3O3. The number of anilines is 1. The summed E-state index contributed by atoms with van der Waals surface area (Å²) in [5.41, 5.74) is 3.19. The smallest absolute Gasteiger partial charge is 0.337 e. The van der Waals surface area contributed by atoms with Crippen molar-refractivity contribution in [3.05, 3.63) is 65.6 Å². The second-order valence-corrected chi connectivity index (χ2v) is 5.49. The first kappa shape index (κ1) is 14.3. The molecule has 2 heterocycles. The van der Waals surface area contributed by atoms with Crippen LogP contribution in [0.5, 0.6) is 0 Å². The van der Waals surface area contributed by atoms with Gasteiger partial charge in [0.05, 0.1) is 23.9 Å². The molecule has 24 heavy (non-hydrogen) atoms. The summed E-state index contributed by atoms with van der Waals surface area (Å²) in [4.78, 5) is 32.9. The first-order valence-electron chi connectivity index (χ1n) is 7.42. The summed E-state index contributed by atoms with van der Waals surface area (Å²) in [6, 6.07) is 12.6. The highest BCUT2D eigenvalue weighted by Crippen LogP contribution is 2.39. The van der Waals surface area contributed by atoms with E-state index in [1.807, 2.05) is 24.3 Å². The van der Waals surface area contributed by atoms with Gasteiger partial charge in [-0.05, 0) is 29.8 Å². The molecule has 118 valence electrons. The van der Waals surface area contributed by atoms with E-state index >= 15 is 0 Å². The third-order valence-electron chi connectivity index (χ3n) is 4.15. The molecule has 0 spiro atoms. The van der Waals surface area contributed by atoms with Crippen LogP contribution in [0, 0.1) is 0 Å². The lowest BCUT2D eigenvalue weighted by atomic mass is 9.93. The van der Waals surface area contributed by atoms with Crippen LogP contribution in [0.1, 0.15) is 27.5 Å². The molecule has 0 bridgehead atoms. The van der Waals surface area contributed by atoms with Crippen molar-refractivity contribution in [2.75, 3.05) is 12.4 Å². The second kappa shape index (κ2) is 5.42. The van der Waals surface area contributed by atoms with Crippen molar-refractivity contribution >= 4 is 28.5 Å². The van der Waals surface area contributed by atoms with Crippen LogP contribution >= 0.6 is 0 Å². The Labute approximate surface area is 137 Å². The van der Waals surface area contributed by atoms with E-state index in [9.17, 15) is 9.59 Å². The van der Waals surface area contributed by atoms with Crippen LogP contribution in [0.4, 0.5) is 5.69 Å². The number of hydrogen-bond donors (Lipinski definition) is 1. The van der Waals surface area contributed by atoms with Gasteiger partial charge in [0.2, 0.25) is 5.91 Å². The van der Waals surface area contributed by atoms with Gasteiger partial charge in [-0.15, -0.1) is 0 Å². The monoisotopic (exact) mass is 319 g/mol. The quantitative estimate of drug-likeness (QED) is 0.734. The third kappa shape index (κ3) is 2.11. The van der Waals surface area contributed by atoms with E-state index in [-0.39, 0.29) is 5.91 Å². The Morgan fingerprint density at radius 1 is 1.17 bits per heavy atom. The molecule has 2 aromatic carbocycles. The van der Waals surface area contributed by atoms with Crippen molar-refractivity contribution in [3.8, 4) is 0 Å². The highest BCUT2D eigenvalue weighted by molar-refractivity contribution is 6.07. The van der Waals surface area contributed by atoms with Crippen LogP contribution in [-0.2, 0) is 9.53 Å². The average Bonchev–Trinajstić information content (AvgIpc) is 2.95. The zero-order valence-electron chi connectivity index (χ0n) is 12.8. The summed E-state index contributed by atoms with van der Waals surface area (Å²) in [6.45, 7) is 0. The zero-order chi connectivity index (χ0) is 16.7. The molecule has 0 radical (unpaired) electrons. The van der Waals surface area contributed by atoms with E-state index in [0.29, 0.717) is 22.5 Å². The minimum Gasteiger partial charge on any atom is -0.465 e. The topological polar surface area (TPSA) is 81.2 Å². The largest absolute Gasteiger partial charge is 0.465 e. The van der Waals surface area contributed by atoms with Crippen molar-refractivity contribution in [2.45, 2.75) is 5.92 Å². The Morgan fingerprint density at radius 2 is 2.00 bits per heavy atom. The molecule has 0 fully saturated rings. The predicted octanol–water partition coefficient (Wildman–Crippen LogP) is 2.50. The molecule has 6 heteroatoms. The molecule has 1 aliphatic heterocycles. The van der Waals surface area contributed by atoms with Crippen LogP contribution in [0.3, 0.4) is 0 Å². The van der Waals surface area contributed by atoms with E-state index in [2.05, 4.69) is 15.3 Å². The summed E-state index contributed by atoms with van der Waals surface area (Å²) < 4.78 is 4.76. The summed E-state index contributed by atoms with van der Waals surface area (Å²) in [5.74, 6) is -1.20. The van der Waals surface area contributed by atoms with Gasteiger partial charge >= 0.3 is 5.97 Å². The molecule has 1 unspecified atom stereocenters. The number of benzene rings is 2.